The van der Waals surface area contributed by atoms with Gasteiger partial charge in [-0.15, -0.1) is 0 Å². The molecule has 10 heteroatoms. The molecule has 0 spiro atoms. The molecule has 34 heavy (non-hydrogen) atoms. The van der Waals surface area contributed by atoms with Gasteiger partial charge in [0.25, 0.3) is 10.0 Å². The number of rotatable bonds is 8. The summed E-state index contributed by atoms with van der Waals surface area (Å²) in [4.78, 5) is 14.1. The summed E-state index contributed by atoms with van der Waals surface area (Å²) >= 11 is 0. The molecule has 182 valence electrons. The Morgan fingerprint density at radius 3 is 2.85 bits per heavy atom. The van der Waals surface area contributed by atoms with Gasteiger partial charge in [-0.3, -0.25) is 4.72 Å². The van der Waals surface area contributed by atoms with Gasteiger partial charge in [-0.05, 0) is 73.0 Å². The fourth-order valence-corrected chi connectivity index (χ4v) is 6.56. The van der Waals surface area contributed by atoms with Gasteiger partial charge in [0.15, 0.2) is 0 Å². The van der Waals surface area contributed by atoms with Gasteiger partial charge in [0.2, 0.25) is 0 Å². The Balaban J connectivity index is 1.44. The number of β-amino-alcohol motifs (C(OH)–C–C–N with tert-alkyl or cyclic N) is 1. The minimum atomic E-state index is -4.20. The van der Waals surface area contributed by atoms with Crippen LogP contribution in [-0.2, 0) is 16.4 Å². The summed E-state index contributed by atoms with van der Waals surface area (Å²) in [6.45, 7) is 2.50. The smallest absolute Gasteiger partial charge is 0.341 e. The molecule has 0 bridgehead atoms. The minimum Gasteiger partial charge on any atom is -0.492 e. The van der Waals surface area contributed by atoms with Crippen LogP contribution in [0.2, 0.25) is 0 Å². The lowest BCUT2D eigenvalue weighted by Gasteiger charge is -2.22. The first-order valence-electron chi connectivity index (χ1n) is 11.4. The monoisotopic (exact) mass is 490 g/mol. The molecule has 2 fully saturated rings. The van der Waals surface area contributed by atoms with E-state index < -0.39 is 21.8 Å². The SMILES string of the molecule is O=C(O)c1c(NS(=O)(=O)c2ccc(F)cc2C[C@@H]2CCN(CCO)C2)ccc2c1OC[C@@H]1C[C@H]21. The number of ether oxygens (including phenoxy) is 1. The van der Waals surface area contributed by atoms with E-state index in [0.29, 0.717) is 37.6 Å². The van der Waals surface area contributed by atoms with Gasteiger partial charge in [-0.1, -0.05) is 6.07 Å². The Kier molecular flexibility index (Phi) is 5.99. The molecule has 3 atom stereocenters. The van der Waals surface area contributed by atoms with Gasteiger partial charge < -0.3 is 19.8 Å². The number of aromatic carboxylic acids is 1. The van der Waals surface area contributed by atoms with Crippen LogP contribution in [0.5, 0.6) is 5.75 Å². The van der Waals surface area contributed by atoms with Crippen LogP contribution < -0.4 is 9.46 Å². The molecule has 2 heterocycles. The molecule has 3 N–H and O–H groups in total. The quantitative estimate of drug-likeness (QED) is 0.521. The number of anilines is 1. The highest BCUT2D eigenvalue weighted by molar-refractivity contribution is 7.92. The Bertz CT molecular complexity index is 1230. The Morgan fingerprint density at radius 2 is 2.09 bits per heavy atom. The van der Waals surface area contributed by atoms with Crippen molar-refractivity contribution in [2.75, 3.05) is 37.6 Å². The maximum Gasteiger partial charge on any atom is 0.341 e. The summed E-state index contributed by atoms with van der Waals surface area (Å²) in [5.41, 5.74) is 0.865. The number of sulfonamides is 1. The first-order valence-corrected chi connectivity index (χ1v) is 12.9. The molecular formula is C24H27FN2O6S. The number of nitrogens with one attached hydrogen (secondary N) is 1. The third-order valence-electron chi connectivity index (χ3n) is 7.02. The summed E-state index contributed by atoms with van der Waals surface area (Å²) in [6, 6.07) is 6.73. The topological polar surface area (TPSA) is 116 Å². The van der Waals surface area contributed by atoms with E-state index in [9.17, 15) is 22.7 Å². The molecular weight excluding hydrogens is 463 g/mol. The fourth-order valence-electron chi connectivity index (χ4n) is 5.25. The van der Waals surface area contributed by atoms with Crippen molar-refractivity contribution in [3.63, 3.8) is 0 Å². The molecule has 1 aliphatic carbocycles. The van der Waals surface area contributed by atoms with Crippen LogP contribution in [-0.4, -0.2) is 62.3 Å². The number of aliphatic hydroxyl groups excluding tert-OH is 1. The van der Waals surface area contributed by atoms with Crippen molar-refractivity contribution >= 4 is 21.7 Å². The molecule has 5 rings (SSSR count). The normalized spacial score (nSPS) is 23.6. The van der Waals surface area contributed by atoms with Gasteiger partial charge in [0, 0.05) is 19.0 Å². The van der Waals surface area contributed by atoms with Crippen LogP contribution in [0, 0.1) is 17.7 Å². The molecule has 2 aromatic rings. The molecule has 0 amide bonds. The van der Waals surface area contributed by atoms with Crippen LogP contribution in [0.25, 0.3) is 0 Å². The number of hydrogen-bond acceptors (Lipinski definition) is 6. The molecule has 1 saturated carbocycles. The lowest BCUT2D eigenvalue weighted by molar-refractivity contribution is 0.0692. The zero-order chi connectivity index (χ0) is 24.0. The molecule has 2 aliphatic heterocycles. The second-order valence-electron chi connectivity index (χ2n) is 9.37. The molecule has 8 nitrogen and oxygen atoms in total. The molecule has 0 radical (unpaired) electrons. The number of benzene rings is 2. The highest BCUT2D eigenvalue weighted by Gasteiger charge is 2.45. The molecule has 0 aromatic heterocycles. The second kappa shape index (κ2) is 8.83. The Labute approximate surface area is 197 Å². The molecule has 2 aromatic carbocycles. The van der Waals surface area contributed by atoms with Crippen LogP contribution in [0.3, 0.4) is 0 Å². The molecule has 1 saturated heterocycles. The number of hydrogen-bond donors (Lipinski definition) is 3. The van der Waals surface area contributed by atoms with Crippen molar-refractivity contribution < 1.29 is 32.6 Å². The van der Waals surface area contributed by atoms with Crippen molar-refractivity contribution in [2.24, 2.45) is 11.8 Å². The first-order chi connectivity index (χ1) is 16.3. The fraction of sp³-hybridized carbons (Fsp3) is 0.458. The largest absolute Gasteiger partial charge is 0.492 e. The minimum absolute atomic E-state index is 0.0496. The zero-order valence-corrected chi connectivity index (χ0v) is 19.4. The second-order valence-corrected chi connectivity index (χ2v) is 11.0. The van der Waals surface area contributed by atoms with E-state index >= 15 is 0 Å². The number of likely N-dealkylation sites (tertiary alicyclic amines) is 1. The van der Waals surface area contributed by atoms with Crippen molar-refractivity contribution in [1.29, 1.82) is 0 Å². The third-order valence-corrected chi connectivity index (χ3v) is 8.48. The zero-order valence-electron chi connectivity index (χ0n) is 18.5. The van der Waals surface area contributed by atoms with Gasteiger partial charge >= 0.3 is 5.97 Å². The summed E-state index contributed by atoms with van der Waals surface area (Å²) in [5, 5.41) is 19.0. The third kappa shape index (κ3) is 4.37. The summed E-state index contributed by atoms with van der Waals surface area (Å²) in [6.07, 6.45) is 2.11. The number of nitrogens with zero attached hydrogens (tertiary/aromatic N) is 1. The first kappa shape index (κ1) is 23.1. The van der Waals surface area contributed by atoms with Crippen LogP contribution in [0.15, 0.2) is 35.2 Å². The number of carboxylic acids is 1. The van der Waals surface area contributed by atoms with Crippen LogP contribution in [0.1, 0.15) is 40.2 Å². The van der Waals surface area contributed by atoms with Crippen LogP contribution >= 0.6 is 0 Å². The number of halogens is 1. The Morgan fingerprint density at radius 1 is 1.26 bits per heavy atom. The van der Waals surface area contributed by atoms with Crippen molar-refractivity contribution in [1.82, 2.24) is 4.90 Å². The lowest BCUT2D eigenvalue weighted by Crippen LogP contribution is -2.24. The van der Waals surface area contributed by atoms with Crippen molar-refractivity contribution in [3.05, 3.63) is 52.8 Å². The number of carboxylic acid groups (broad SMARTS) is 1. The van der Waals surface area contributed by atoms with Gasteiger partial charge in [0.1, 0.15) is 17.1 Å². The van der Waals surface area contributed by atoms with E-state index in [1.165, 1.54) is 18.2 Å². The molecule has 0 unspecified atom stereocenters. The van der Waals surface area contributed by atoms with E-state index in [0.717, 1.165) is 31.0 Å². The van der Waals surface area contributed by atoms with E-state index in [-0.39, 0.29) is 40.3 Å². The van der Waals surface area contributed by atoms with E-state index in [1.807, 2.05) is 0 Å². The lowest BCUT2D eigenvalue weighted by atomic mass is 9.98. The molecule has 3 aliphatic rings. The Hall–Kier alpha value is -2.69. The predicted molar refractivity (Wildman–Crippen MR) is 122 cm³/mol. The van der Waals surface area contributed by atoms with Gasteiger partial charge in [-0.2, -0.15) is 0 Å². The summed E-state index contributed by atoms with van der Waals surface area (Å²) < 4.78 is 49.0. The summed E-state index contributed by atoms with van der Waals surface area (Å²) in [5.74, 6) is -0.814. The van der Waals surface area contributed by atoms with Crippen LogP contribution in [0.4, 0.5) is 10.1 Å². The number of fused-ring (bicyclic) bond motifs is 3. The average molecular weight is 491 g/mol. The highest BCUT2D eigenvalue weighted by Crippen LogP contribution is 2.55. The van der Waals surface area contributed by atoms with Gasteiger partial charge in [-0.25, -0.2) is 17.6 Å². The number of aliphatic hydroxyl groups is 1. The number of carbonyl (C=O) groups is 1. The van der Waals surface area contributed by atoms with Crippen molar-refractivity contribution in [2.45, 2.75) is 30.1 Å². The highest BCUT2D eigenvalue weighted by atomic mass is 32.2. The predicted octanol–water partition coefficient (Wildman–Crippen LogP) is 2.68. The van der Waals surface area contributed by atoms with Gasteiger partial charge in [0.05, 0.1) is 23.8 Å². The average Bonchev–Trinajstić information content (AvgIpc) is 3.45. The van der Waals surface area contributed by atoms with E-state index in [2.05, 4.69) is 9.62 Å². The van der Waals surface area contributed by atoms with Crippen molar-refractivity contribution in [3.8, 4) is 5.75 Å². The van der Waals surface area contributed by atoms with E-state index in [1.54, 1.807) is 6.07 Å². The van der Waals surface area contributed by atoms with E-state index in [4.69, 9.17) is 9.84 Å². The standard InChI is InChI=1S/C24H27FN2O6S/c25-17-1-4-21(15(10-17)9-14-5-6-27(12-14)7-8-28)34(31,32)26-20-3-2-18-19-11-16(19)13-33-23(18)22(20)24(29)30/h1-4,10,14,16,19,26,28H,5-9,11-13H2,(H,29,30)/t14-,16-,19-/m0/s1. The maximum absolute atomic E-state index is 14.1. The maximum atomic E-state index is 14.1. The summed E-state index contributed by atoms with van der Waals surface area (Å²) in [7, 11) is -4.20.